The summed E-state index contributed by atoms with van der Waals surface area (Å²) in [6, 6.07) is 11.6. The predicted molar refractivity (Wildman–Crippen MR) is 105 cm³/mol. The third kappa shape index (κ3) is 3.33. The molecule has 0 unspecified atom stereocenters. The van der Waals surface area contributed by atoms with Gasteiger partial charge >= 0.3 is 0 Å². The van der Waals surface area contributed by atoms with Crippen LogP contribution >= 0.6 is 15.9 Å². The molecule has 0 amide bonds. The molecule has 1 aromatic heterocycles. The summed E-state index contributed by atoms with van der Waals surface area (Å²) in [4.78, 5) is 12.9. The van der Waals surface area contributed by atoms with Crippen molar-refractivity contribution in [2.75, 3.05) is 7.11 Å². The Balaban J connectivity index is 2.22. The highest BCUT2D eigenvalue weighted by Crippen LogP contribution is 2.23. The summed E-state index contributed by atoms with van der Waals surface area (Å²) in [7, 11) is 1.61. The van der Waals surface area contributed by atoms with E-state index in [1.807, 2.05) is 50.2 Å². The first kappa shape index (κ1) is 17.3. The first-order chi connectivity index (χ1) is 11.9. The molecule has 2 aromatic carbocycles. The zero-order chi connectivity index (χ0) is 18.1. The monoisotopic (exact) mass is 398 g/mol. The molecule has 0 fully saturated rings. The molecule has 4 nitrogen and oxygen atoms in total. The van der Waals surface area contributed by atoms with Gasteiger partial charge in [0, 0.05) is 10.0 Å². The van der Waals surface area contributed by atoms with Gasteiger partial charge in [-0.25, -0.2) is 4.68 Å². The fourth-order valence-corrected chi connectivity index (χ4v) is 3.04. The molecule has 0 radical (unpaired) electrons. The van der Waals surface area contributed by atoms with E-state index < -0.39 is 0 Å². The molecule has 0 bridgehead atoms. The average molecular weight is 399 g/mol. The summed E-state index contributed by atoms with van der Waals surface area (Å²) in [6.07, 6.45) is 1.79. The number of aromatic nitrogens is 2. The van der Waals surface area contributed by atoms with Gasteiger partial charge in [0.05, 0.1) is 23.4 Å². The largest absolute Gasteiger partial charge is 0.496 e. The summed E-state index contributed by atoms with van der Waals surface area (Å²) >= 11 is 3.45. The van der Waals surface area contributed by atoms with Gasteiger partial charge in [-0.2, -0.15) is 0 Å². The van der Waals surface area contributed by atoms with Crippen molar-refractivity contribution in [2.24, 2.45) is 0 Å². The lowest BCUT2D eigenvalue weighted by Crippen LogP contribution is -2.34. The summed E-state index contributed by atoms with van der Waals surface area (Å²) < 4.78 is 7.81. The molecule has 0 aliphatic carbocycles. The number of ether oxygens (including phenoxy) is 1. The number of nitrogens with zero attached hydrogens (tertiary/aromatic N) is 1. The maximum absolute atomic E-state index is 12.9. The highest BCUT2D eigenvalue weighted by molar-refractivity contribution is 9.10. The van der Waals surface area contributed by atoms with Gasteiger partial charge in [-0.15, -0.1) is 0 Å². The molecular weight excluding hydrogens is 380 g/mol. The van der Waals surface area contributed by atoms with Crippen molar-refractivity contribution in [3.8, 4) is 11.4 Å². The van der Waals surface area contributed by atoms with E-state index in [0.29, 0.717) is 16.3 Å². The molecule has 0 aliphatic heterocycles. The first-order valence-electron chi connectivity index (χ1n) is 7.83. The number of hydrogen-bond donors (Lipinski definition) is 1. The van der Waals surface area contributed by atoms with Gasteiger partial charge in [-0.1, -0.05) is 28.6 Å². The minimum Gasteiger partial charge on any atom is -0.496 e. The number of benzene rings is 2. The second-order valence-electron chi connectivity index (χ2n) is 5.94. The number of aryl methyl sites for hydroxylation is 2. The second-order valence-corrected chi connectivity index (χ2v) is 6.86. The summed E-state index contributed by atoms with van der Waals surface area (Å²) in [5.41, 5.74) is 3.77. The molecule has 0 atom stereocenters. The second kappa shape index (κ2) is 6.76. The molecule has 25 heavy (non-hydrogen) atoms. The molecule has 128 valence electrons. The van der Waals surface area contributed by atoms with E-state index >= 15 is 0 Å². The van der Waals surface area contributed by atoms with E-state index in [2.05, 4.69) is 27.6 Å². The lowest BCUT2D eigenvalue weighted by Gasteiger charge is -2.05. The molecule has 0 saturated carbocycles. The van der Waals surface area contributed by atoms with Crippen molar-refractivity contribution in [2.45, 2.75) is 13.8 Å². The van der Waals surface area contributed by atoms with Crippen molar-refractivity contribution in [3.63, 3.8) is 0 Å². The van der Waals surface area contributed by atoms with E-state index in [1.165, 1.54) is 10.2 Å². The number of H-pyrrole nitrogens is 1. The average Bonchev–Trinajstić information content (AvgIpc) is 2.86. The van der Waals surface area contributed by atoms with Crippen LogP contribution in [0.15, 0.2) is 45.7 Å². The quantitative estimate of drug-likeness (QED) is 0.737. The predicted octanol–water partition coefficient (Wildman–Crippen LogP) is 2.79. The Hall–Kier alpha value is -2.53. The van der Waals surface area contributed by atoms with Crippen LogP contribution in [-0.4, -0.2) is 16.9 Å². The molecule has 0 spiro atoms. The Bertz CT molecular complexity index is 1110. The van der Waals surface area contributed by atoms with Gasteiger partial charge in [-0.05, 0) is 61.4 Å². The standard InChI is InChI=1S/C20H19BrN2O2/c1-12-5-7-17(9-13(12)2)23-20(24)18(14(3)22-23)11-15-10-16(21)6-8-19(15)25-4/h5-11,22H,3H2,1-2,4H3. The zero-order valence-corrected chi connectivity index (χ0v) is 16.0. The lowest BCUT2D eigenvalue weighted by molar-refractivity contribution is 0.413. The van der Waals surface area contributed by atoms with Crippen LogP contribution in [0.5, 0.6) is 5.75 Å². The highest BCUT2D eigenvalue weighted by atomic mass is 79.9. The Morgan fingerprint density at radius 3 is 2.60 bits per heavy atom. The van der Waals surface area contributed by atoms with Crippen molar-refractivity contribution in [1.29, 1.82) is 0 Å². The van der Waals surface area contributed by atoms with Crippen LogP contribution in [0.1, 0.15) is 16.7 Å². The fourth-order valence-electron chi connectivity index (χ4n) is 2.66. The molecule has 0 aliphatic rings. The minimum atomic E-state index is -0.143. The van der Waals surface area contributed by atoms with Crippen LogP contribution in [0.4, 0.5) is 0 Å². The topological polar surface area (TPSA) is 47.0 Å². The van der Waals surface area contributed by atoms with E-state index in [9.17, 15) is 4.79 Å². The fraction of sp³-hybridized carbons (Fsp3) is 0.150. The maximum Gasteiger partial charge on any atom is 0.279 e. The Kier molecular flexibility index (Phi) is 4.68. The van der Waals surface area contributed by atoms with Crippen LogP contribution in [0.3, 0.4) is 0 Å². The van der Waals surface area contributed by atoms with Gasteiger partial charge in [-0.3, -0.25) is 9.89 Å². The summed E-state index contributed by atoms with van der Waals surface area (Å²) in [5, 5.41) is 4.13. The molecular formula is C20H19BrN2O2. The van der Waals surface area contributed by atoms with Crippen LogP contribution in [0.2, 0.25) is 0 Å². The highest BCUT2D eigenvalue weighted by Gasteiger charge is 2.08. The van der Waals surface area contributed by atoms with Crippen molar-refractivity contribution >= 4 is 28.6 Å². The zero-order valence-electron chi connectivity index (χ0n) is 14.4. The number of nitrogens with one attached hydrogen (secondary N) is 1. The van der Waals surface area contributed by atoms with Gasteiger partial charge < -0.3 is 4.74 Å². The van der Waals surface area contributed by atoms with Gasteiger partial charge in [0.15, 0.2) is 0 Å². The van der Waals surface area contributed by atoms with Gasteiger partial charge in [0.1, 0.15) is 5.75 Å². The van der Waals surface area contributed by atoms with Gasteiger partial charge in [0.2, 0.25) is 0 Å². The van der Waals surface area contributed by atoms with Crippen LogP contribution in [0.25, 0.3) is 18.3 Å². The molecule has 0 saturated heterocycles. The van der Waals surface area contributed by atoms with E-state index in [0.717, 1.165) is 21.3 Å². The molecule has 3 aromatic rings. The lowest BCUT2D eigenvalue weighted by atomic mass is 10.1. The normalized spacial score (nSPS) is 11.8. The van der Waals surface area contributed by atoms with Crippen molar-refractivity contribution < 1.29 is 4.74 Å². The summed E-state index contributed by atoms with van der Waals surface area (Å²) in [6.45, 7) is 8.05. The number of halogens is 1. The van der Waals surface area contributed by atoms with Crippen molar-refractivity contribution in [1.82, 2.24) is 9.78 Å². The third-order valence-electron chi connectivity index (χ3n) is 4.25. The van der Waals surface area contributed by atoms with Crippen molar-refractivity contribution in [3.05, 3.63) is 78.5 Å². The van der Waals surface area contributed by atoms with E-state index in [4.69, 9.17) is 4.74 Å². The molecule has 1 N–H and O–H groups in total. The smallest absolute Gasteiger partial charge is 0.279 e. The maximum atomic E-state index is 12.9. The minimum absolute atomic E-state index is 0.143. The van der Waals surface area contributed by atoms with Gasteiger partial charge in [0.25, 0.3) is 5.56 Å². The first-order valence-corrected chi connectivity index (χ1v) is 8.63. The Morgan fingerprint density at radius 2 is 1.92 bits per heavy atom. The molecule has 5 heteroatoms. The van der Waals surface area contributed by atoms with Crippen LogP contribution in [-0.2, 0) is 0 Å². The number of aromatic amines is 1. The number of hydrogen-bond acceptors (Lipinski definition) is 2. The Labute approximate surface area is 154 Å². The third-order valence-corrected chi connectivity index (χ3v) is 4.74. The summed E-state index contributed by atoms with van der Waals surface area (Å²) in [5.74, 6) is 0.695. The van der Waals surface area contributed by atoms with Crippen LogP contribution in [0, 0.1) is 13.8 Å². The van der Waals surface area contributed by atoms with E-state index in [1.54, 1.807) is 13.2 Å². The van der Waals surface area contributed by atoms with E-state index in [-0.39, 0.29) is 5.56 Å². The Morgan fingerprint density at radius 1 is 1.16 bits per heavy atom. The number of methoxy groups -OCH3 is 1. The van der Waals surface area contributed by atoms with Crippen LogP contribution < -0.4 is 20.9 Å². The number of rotatable bonds is 3. The molecule has 1 heterocycles. The SMILES string of the molecule is C=c1[nH]n(-c2ccc(C)c(C)c2)c(=O)c1=Cc1cc(Br)ccc1OC. The molecule has 3 rings (SSSR count).